The zero-order valence-electron chi connectivity index (χ0n) is 11.8. The normalized spacial score (nSPS) is 25.7. The van der Waals surface area contributed by atoms with Crippen LogP contribution in [0.1, 0.15) is 51.2 Å². The number of nitrogens with zero attached hydrogens (tertiary/aromatic N) is 1. The van der Waals surface area contributed by atoms with Crippen molar-refractivity contribution in [2.24, 2.45) is 0 Å². The average molecular weight is 265 g/mol. The second kappa shape index (κ2) is 6.49. The van der Waals surface area contributed by atoms with Crippen molar-refractivity contribution in [3.63, 3.8) is 0 Å². The first-order valence-corrected chi connectivity index (χ1v) is 7.31. The number of hydrogen-bond acceptors (Lipinski definition) is 2. The minimum absolute atomic E-state index is 0.254. The Bertz CT molecular complexity index is 392. The Hall–Kier alpha value is -0.930. The predicted octanol–water partition coefficient (Wildman–Crippen LogP) is 3.51. The molecule has 1 aliphatic rings. The van der Waals surface area contributed by atoms with Gasteiger partial charge in [0.25, 0.3) is 0 Å². The van der Waals surface area contributed by atoms with Crippen molar-refractivity contribution in [3.8, 4) is 0 Å². The Kier molecular flexibility index (Phi) is 4.94. The van der Waals surface area contributed by atoms with E-state index in [-0.39, 0.29) is 5.82 Å². The second-order valence-electron chi connectivity index (χ2n) is 5.58. The van der Waals surface area contributed by atoms with Gasteiger partial charge in [0.1, 0.15) is 5.82 Å². The second-order valence-corrected chi connectivity index (χ2v) is 5.58. The first-order valence-electron chi connectivity index (χ1n) is 7.31. The van der Waals surface area contributed by atoms with Crippen LogP contribution in [-0.2, 0) is 0 Å². The van der Waals surface area contributed by atoms with Gasteiger partial charge in [-0.1, -0.05) is 19.1 Å². The molecular weight excluding hydrogens is 241 g/mol. The summed E-state index contributed by atoms with van der Waals surface area (Å²) in [6, 6.07) is 7.44. The molecule has 19 heavy (non-hydrogen) atoms. The molecule has 0 saturated carbocycles. The van der Waals surface area contributed by atoms with E-state index in [1.165, 1.54) is 31.4 Å². The molecule has 106 valence electrons. The lowest BCUT2D eigenvalue weighted by atomic mass is 10.1. The maximum Gasteiger partial charge on any atom is 0.123 e. The standard InChI is InChI=1S/C16H24FNO/c1-3-15-9-4-12(2)18(15)11-10-16(19)13-5-7-14(17)8-6-13/h5-8,12,15-16,19H,3-4,9-11H2,1-2H3. The van der Waals surface area contributed by atoms with E-state index in [1.54, 1.807) is 12.1 Å². The first-order chi connectivity index (χ1) is 9.11. The van der Waals surface area contributed by atoms with Gasteiger partial charge in [0.2, 0.25) is 0 Å². The molecule has 1 aromatic carbocycles. The van der Waals surface area contributed by atoms with Crippen molar-refractivity contribution in [1.82, 2.24) is 4.90 Å². The number of rotatable bonds is 5. The quantitative estimate of drug-likeness (QED) is 0.880. The van der Waals surface area contributed by atoms with Crippen molar-refractivity contribution >= 4 is 0 Å². The van der Waals surface area contributed by atoms with E-state index < -0.39 is 6.10 Å². The van der Waals surface area contributed by atoms with Crippen LogP contribution in [0.15, 0.2) is 24.3 Å². The van der Waals surface area contributed by atoms with Crippen LogP contribution in [-0.4, -0.2) is 28.6 Å². The van der Waals surface area contributed by atoms with E-state index in [1.807, 2.05) is 0 Å². The summed E-state index contributed by atoms with van der Waals surface area (Å²) in [6.45, 7) is 5.41. The fourth-order valence-electron chi connectivity index (χ4n) is 3.09. The molecule has 0 aromatic heterocycles. The number of aliphatic hydroxyl groups excluding tert-OH is 1. The molecule has 2 rings (SSSR count). The van der Waals surface area contributed by atoms with E-state index in [4.69, 9.17) is 0 Å². The highest BCUT2D eigenvalue weighted by Crippen LogP contribution is 2.27. The molecule has 3 heteroatoms. The molecule has 0 bridgehead atoms. The summed E-state index contributed by atoms with van der Waals surface area (Å²) < 4.78 is 12.8. The van der Waals surface area contributed by atoms with Crippen LogP contribution in [0.25, 0.3) is 0 Å². The van der Waals surface area contributed by atoms with Crippen molar-refractivity contribution in [3.05, 3.63) is 35.6 Å². The third-order valence-electron chi connectivity index (χ3n) is 4.34. The molecule has 0 radical (unpaired) electrons. The molecule has 0 aliphatic carbocycles. The highest BCUT2D eigenvalue weighted by Gasteiger charge is 2.29. The van der Waals surface area contributed by atoms with Gasteiger partial charge in [0.05, 0.1) is 6.10 Å². The fourth-order valence-corrected chi connectivity index (χ4v) is 3.09. The van der Waals surface area contributed by atoms with E-state index in [0.717, 1.165) is 12.1 Å². The molecule has 3 unspecified atom stereocenters. The van der Waals surface area contributed by atoms with E-state index in [0.29, 0.717) is 18.5 Å². The van der Waals surface area contributed by atoms with Crippen LogP contribution >= 0.6 is 0 Å². The van der Waals surface area contributed by atoms with Crippen molar-refractivity contribution in [2.75, 3.05) is 6.54 Å². The van der Waals surface area contributed by atoms with Crippen LogP contribution in [0.4, 0.5) is 4.39 Å². The minimum atomic E-state index is -0.495. The summed E-state index contributed by atoms with van der Waals surface area (Å²) >= 11 is 0. The molecular formula is C16H24FNO. The third kappa shape index (κ3) is 3.54. The molecule has 3 atom stereocenters. The van der Waals surface area contributed by atoms with Gasteiger partial charge in [-0.15, -0.1) is 0 Å². The van der Waals surface area contributed by atoms with Crippen LogP contribution in [0.3, 0.4) is 0 Å². The SMILES string of the molecule is CCC1CCC(C)N1CCC(O)c1ccc(F)cc1. The minimum Gasteiger partial charge on any atom is -0.388 e. The van der Waals surface area contributed by atoms with Gasteiger partial charge >= 0.3 is 0 Å². The lowest BCUT2D eigenvalue weighted by Crippen LogP contribution is -2.35. The highest BCUT2D eigenvalue weighted by molar-refractivity contribution is 5.18. The maximum absolute atomic E-state index is 12.8. The monoisotopic (exact) mass is 265 g/mol. The van der Waals surface area contributed by atoms with Crippen molar-refractivity contribution in [2.45, 2.75) is 57.7 Å². The number of likely N-dealkylation sites (tertiary alicyclic amines) is 1. The van der Waals surface area contributed by atoms with Crippen molar-refractivity contribution in [1.29, 1.82) is 0 Å². The summed E-state index contributed by atoms with van der Waals surface area (Å²) in [4.78, 5) is 2.51. The van der Waals surface area contributed by atoms with Gasteiger partial charge in [-0.25, -0.2) is 4.39 Å². The zero-order chi connectivity index (χ0) is 13.8. The topological polar surface area (TPSA) is 23.5 Å². The number of benzene rings is 1. The molecule has 1 aliphatic heterocycles. The zero-order valence-corrected chi connectivity index (χ0v) is 11.8. The van der Waals surface area contributed by atoms with Crippen molar-refractivity contribution < 1.29 is 9.50 Å². The van der Waals surface area contributed by atoms with Gasteiger partial charge < -0.3 is 5.11 Å². The van der Waals surface area contributed by atoms with E-state index in [2.05, 4.69) is 18.7 Å². The van der Waals surface area contributed by atoms with Crippen LogP contribution in [0.5, 0.6) is 0 Å². The molecule has 1 saturated heterocycles. The molecule has 1 N–H and O–H groups in total. The van der Waals surface area contributed by atoms with E-state index in [9.17, 15) is 9.50 Å². The number of hydrogen-bond donors (Lipinski definition) is 1. The number of halogens is 1. The average Bonchev–Trinajstić information content (AvgIpc) is 2.77. The fraction of sp³-hybridized carbons (Fsp3) is 0.625. The lowest BCUT2D eigenvalue weighted by Gasteiger charge is -2.28. The number of aliphatic hydroxyl groups is 1. The summed E-state index contributed by atoms with van der Waals surface area (Å²) in [6.07, 6.45) is 3.92. The summed E-state index contributed by atoms with van der Waals surface area (Å²) in [7, 11) is 0. The van der Waals surface area contributed by atoms with Gasteiger partial charge in [-0.2, -0.15) is 0 Å². The Morgan fingerprint density at radius 2 is 2.00 bits per heavy atom. The molecule has 1 fully saturated rings. The molecule has 2 nitrogen and oxygen atoms in total. The Balaban J connectivity index is 1.89. The summed E-state index contributed by atoms with van der Waals surface area (Å²) in [5.74, 6) is -0.254. The molecule has 0 spiro atoms. The largest absolute Gasteiger partial charge is 0.388 e. The Labute approximate surface area is 115 Å². The molecule has 1 heterocycles. The van der Waals surface area contributed by atoms with Gasteiger partial charge in [0.15, 0.2) is 0 Å². The first kappa shape index (κ1) is 14.5. The van der Waals surface area contributed by atoms with Crippen LogP contribution in [0, 0.1) is 5.82 Å². The van der Waals surface area contributed by atoms with E-state index >= 15 is 0 Å². The summed E-state index contributed by atoms with van der Waals surface area (Å²) in [5.41, 5.74) is 0.807. The van der Waals surface area contributed by atoms with Gasteiger partial charge in [0, 0.05) is 18.6 Å². The Morgan fingerprint density at radius 1 is 1.32 bits per heavy atom. The van der Waals surface area contributed by atoms with Crippen LogP contribution < -0.4 is 0 Å². The van der Waals surface area contributed by atoms with Gasteiger partial charge in [-0.05, 0) is 50.3 Å². The van der Waals surface area contributed by atoms with Crippen LogP contribution in [0.2, 0.25) is 0 Å². The smallest absolute Gasteiger partial charge is 0.123 e. The summed E-state index contributed by atoms with van der Waals surface area (Å²) in [5, 5.41) is 10.2. The predicted molar refractivity (Wildman–Crippen MR) is 75.5 cm³/mol. The molecule has 1 aromatic rings. The third-order valence-corrected chi connectivity index (χ3v) is 4.34. The lowest BCUT2D eigenvalue weighted by molar-refractivity contribution is 0.122. The highest BCUT2D eigenvalue weighted by atomic mass is 19.1. The maximum atomic E-state index is 12.8. The Morgan fingerprint density at radius 3 is 2.63 bits per heavy atom. The van der Waals surface area contributed by atoms with Gasteiger partial charge in [-0.3, -0.25) is 4.90 Å². The molecule has 0 amide bonds.